The molecule has 4 nitrogen and oxygen atoms in total. The zero-order chi connectivity index (χ0) is 14.4. The first-order valence-corrected chi connectivity index (χ1v) is 7.22. The van der Waals surface area contributed by atoms with Gasteiger partial charge >= 0.3 is 0 Å². The van der Waals surface area contributed by atoms with Gasteiger partial charge in [0.15, 0.2) is 0 Å². The van der Waals surface area contributed by atoms with Gasteiger partial charge < -0.3 is 11.1 Å². The smallest absolute Gasteiger partial charge is 0.233 e. The van der Waals surface area contributed by atoms with Gasteiger partial charge in [0.25, 0.3) is 0 Å². The monoisotopic (exact) mass is 287 g/mol. The second-order valence-electron chi connectivity index (χ2n) is 4.41. The minimum Gasteiger partial charge on any atom is -0.399 e. The number of carbonyl (C=O) groups excluding carboxylic acids is 1. The summed E-state index contributed by atoms with van der Waals surface area (Å²) in [6.07, 6.45) is 3.46. The average Bonchev–Trinajstić information content (AvgIpc) is 2.48. The molecule has 20 heavy (non-hydrogen) atoms. The molecule has 0 aliphatic carbocycles. The van der Waals surface area contributed by atoms with Crippen molar-refractivity contribution in [1.29, 1.82) is 0 Å². The van der Waals surface area contributed by atoms with Gasteiger partial charge in [-0.3, -0.25) is 9.78 Å². The molecule has 1 aromatic carbocycles. The quantitative estimate of drug-likeness (QED) is 0.655. The normalized spacial score (nSPS) is 11.8. The van der Waals surface area contributed by atoms with Crippen LogP contribution in [0.5, 0.6) is 0 Å². The first-order chi connectivity index (χ1) is 9.65. The molecule has 1 amide bonds. The van der Waals surface area contributed by atoms with Gasteiger partial charge in [-0.25, -0.2) is 0 Å². The third-order valence-corrected chi connectivity index (χ3v) is 3.86. The van der Waals surface area contributed by atoms with Gasteiger partial charge in [0.05, 0.1) is 5.25 Å². The van der Waals surface area contributed by atoms with Crippen LogP contribution in [0, 0.1) is 0 Å². The molecule has 104 valence electrons. The van der Waals surface area contributed by atoms with Crippen LogP contribution in [0.15, 0.2) is 53.7 Å². The minimum atomic E-state index is -0.157. The molecular weight excluding hydrogens is 270 g/mol. The molecule has 0 aliphatic rings. The number of nitrogens with two attached hydrogens (primary N) is 1. The van der Waals surface area contributed by atoms with Crippen molar-refractivity contribution in [1.82, 2.24) is 10.3 Å². The lowest BCUT2D eigenvalue weighted by atomic mass is 10.3. The SMILES string of the molecule is CC(Sc1ccc(N)cc1)C(=O)NCc1cccnc1. The van der Waals surface area contributed by atoms with Crippen LogP contribution < -0.4 is 11.1 Å². The highest BCUT2D eigenvalue weighted by atomic mass is 32.2. The van der Waals surface area contributed by atoms with Gasteiger partial charge in [0.1, 0.15) is 0 Å². The molecule has 1 atom stereocenters. The van der Waals surface area contributed by atoms with Gasteiger partial charge in [-0.2, -0.15) is 0 Å². The van der Waals surface area contributed by atoms with Crippen molar-refractivity contribution in [3.05, 3.63) is 54.4 Å². The van der Waals surface area contributed by atoms with Crippen LogP contribution in [-0.4, -0.2) is 16.1 Å². The van der Waals surface area contributed by atoms with E-state index in [-0.39, 0.29) is 11.2 Å². The molecule has 2 rings (SSSR count). The molecule has 1 aromatic heterocycles. The predicted octanol–water partition coefficient (Wildman–Crippen LogP) is 2.46. The number of nitrogens with zero attached hydrogens (tertiary/aromatic N) is 1. The lowest BCUT2D eigenvalue weighted by molar-refractivity contribution is -0.120. The highest BCUT2D eigenvalue weighted by molar-refractivity contribution is 8.00. The summed E-state index contributed by atoms with van der Waals surface area (Å²) in [4.78, 5) is 17.1. The van der Waals surface area contributed by atoms with Crippen LogP contribution in [0.4, 0.5) is 5.69 Å². The molecule has 0 radical (unpaired) electrons. The number of thioether (sulfide) groups is 1. The Kier molecular flexibility index (Phi) is 5.01. The van der Waals surface area contributed by atoms with Crippen LogP contribution in [0.3, 0.4) is 0 Å². The van der Waals surface area contributed by atoms with Crippen molar-refractivity contribution in [3.63, 3.8) is 0 Å². The fourth-order valence-corrected chi connectivity index (χ4v) is 2.53. The zero-order valence-corrected chi connectivity index (χ0v) is 12.1. The summed E-state index contributed by atoms with van der Waals surface area (Å²) < 4.78 is 0. The third kappa shape index (κ3) is 4.28. The highest BCUT2D eigenvalue weighted by Crippen LogP contribution is 2.24. The van der Waals surface area contributed by atoms with Crippen LogP contribution in [-0.2, 0) is 11.3 Å². The second kappa shape index (κ2) is 6.96. The standard InChI is InChI=1S/C15H17N3OS/c1-11(20-14-6-4-13(16)5-7-14)15(19)18-10-12-3-2-8-17-9-12/h2-9,11H,10,16H2,1H3,(H,18,19). The van der Waals surface area contributed by atoms with E-state index >= 15 is 0 Å². The topological polar surface area (TPSA) is 68.0 Å². The van der Waals surface area contributed by atoms with E-state index in [2.05, 4.69) is 10.3 Å². The number of nitrogens with one attached hydrogen (secondary N) is 1. The molecule has 0 bridgehead atoms. The van der Waals surface area contributed by atoms with Crippen molar-refractivity contribution in [2.45, 2.75) is 23.6 Å². The molecular formula is C15H17N3OS. The van der Waals surface area contributed by atoms with E-state index in [0.29, 0.717) is 6.54 Å². The number of benzene rings is 1. The Hall–Kier alpha value is -2.01. The van der Waals surface area contributed by atoms with Crippen LogP contribution in [0.1, 0.15) is 12.5 Å². The fraction of sp³-hybridized carbons (Fsp3) is 0.200. The predicted molar refractivity (Wildman–Crippen MR) is 82.3 cm³/mol. The van der Waals surface area contributed by atoms with Crippen LogP contribution in [0.2, 0.25) is 0 Å². The summed E-state index contributed by atoms with van der Waals surface area (Å²) in [5.74, 6) is 0.00989. The van der Waals surface area contributed by atoms with E-state index in [9.17, 15) is 4.79 Å². The van der Waals surface area contributed by atoms with E-state index in [1.54, 1.807) is 12.4 Å². The van der Waals surface area contributed by atoms with Gasteiger partial charge in [-0.05, 0) is 42.8 Å². The zero-order valence-electron chi connectivity index (χ0n) is 11.2. The number of pyridine rings is 1. The number of nitrogen functional groups attached to an aromatic ring is 1. The number of rotatable bonds is 5. The molecule has 0 aliphatic heterocycles. The summed E-state index contributed by atoms with van der Waals surface area (Å²) in [6.45, 7) is 2.39. The Morgan fingerprint density at radius 1 is 1.35 bits per heavy atom. The summed E-state index contributed by atoms with van der Waals surface area (Å²) in [5, 5.41) is 2.75. The van der Waals surface area contributed by atoms with E-state index in [1.807, 2.05) is 43.3 Å². The van der Waals surface area contributed by atoms with E-state index in [4.69, 9.17) is 5.73 Å². The molecule has 1 heterocycles. The molecule has 1 unspecified atom stereocenters. The largest absolute Gasteiger partial charge is 0.399 e. The summed E-state index contributed by atoms with van der Waals surface area (Å²) in [6, 6.07) is 11.3. The lowest BCUT2D eigenvalue weighted by Gasteiger charge is -2.12. The molecule has 0 fully saturated rings. The summed E-state index contributed by atoms with van der Waals surface area (Å²) in [5.41, 5.74) is 7.35. The Morgan fingerprint density at radius 2 is 2.10 bits per heavy atom. The molecule has 0 spiro atoms. The summed E-state index contributed by atoms with van der Waals surface area (Å²) >= 11 is 1.51. The van der Waals surface area contributed by atoms with Crippen molar-refractivity contribution in [2.75, 3.05) is 5.73 Å². The van der Waals surface area contributed by atoms with Crippen LogP contribution in [0.25, 0.3) is 0 Å². The van der Waals surface area contributed by atoms with Gasteiger partial charge in [-0.1, -0.05) is 6.07 Å². The molecule has 3 N–H and O–H groups in total. The van der Waals surface area contributed by atoms with Gasteiger partial charge in [0, 0.05) is 29.5 Å². The van der Waals surface area contributed by atoms with Gasteiger partial charge in [-0.15, -0.1) is 11.8 Å². The first kappa shape index (κ1) is 14.4. The van der Waals surface area contributed by atoms with Crippen LogP contribution >= 0.6 is 11.8 Å². The number of amides is 1. The number of aromatic nitrogens is 1. The van der Waals surface area contributed by atoms with Crippen molar-refractivity contribution in [3.8, 4) is 0 Å². The fourth-order valence-electron chi connectivity index (χ4n) is 1.64. The van der Waals surface area contributed by atoms with Crippen molar-refractivity contribution < 1.29 is 4.79 Å². The summed E-state index contributed by atoms with van der Waals surface area (Å²) in [7, 11) is 0. The Labute approximate surface area is 122 Å². The number of anilines is 1. The Balaban J connectivity index is 1.84. The van der Waals surface area contributed by atoms with Gasteiger partial charge in [0.2, 0.25) is 5.91 Å². The second-order valence-corrected chi connectivity index (χ2v) is 5.82. The average molecular weight is 287 g/mol. The number of carbonyl (C=O) groups is 1. The molecule has 0 saturated carbocycles. The highest BCUT2D eigenvalue weighted by Gasteiger charge is 2.13. The van der Waals surface area contributed by atoms with E-state index in [1.165, 1.54) is 11.8 Å². The van der Waals surface area contributed by atoms with Crippen molar-refractivity contribution in [2.24, 2.45) is 0 Å². The maximum absolute atomic E-state index is 12.0. The molecule has 0 saturated heterocycles. The maximum Gasteiger partial charge on any atom is 0.233 e. The molecule has 2 aromatic rings. The Morgan fingerprint density at radius 3 is 2.75 bits per heavy atom. The third-order valence-electron chi connectivity index (χ3n) is 2.75. The Bertz CT molecular complexity index is 557. The maximum atomic E-state index is 12.0. The lowest BCUT2D eigenvalue weighted by Crippen LogP contribution is -2.30. The molecule has 5 heteroatoms. The number of hydrogen-bond acceptors (Lipinski definition) is 4. The minimum absolute atomic E-state index is 0.00989. The number of hydrogen-bond donors (Lipinski definition) is 2. The van der Waals surface area contributed by atoms with E-state index in [0.717, 1.165) is 16.1 Å². The van der Waals surface area contributed by atoms with Crippen molar-refractivity contribution >= 4 is 23.4 Å². The first-order valence-electron chi connectivity index (χ1n) is 6.34. The van der Waals surface area contributed by atoms with E-state index < -0.39 is 0 Å².